The number of pyridine rings is 1. The average molecular weight is 487 g/mol. The lowest BCUT2D eigenvalue weighted by molar-refractivity contribution is 0.153. The number of thiazole rings is 1. The van der Waals surface area contributed by atoms with Crippen LogP contribution in [0.25, 0.3) is 20.8 Å². The summed E-state index contributed by atoms with van der Waals surface area (Å²) in [5.74, 6) is 1.87. The molecule has 2 atom stereocenters. The van der Waals surface area contributed by atoms with Crippen LogP contribution in [0.2, 0.25) is 0 Å². The van der Waals surface area contributed by atoms with Gasteiger partial charge < -0.3 is 25.6 Å². The molecule has 1 fully saturated rings. The van der Waals surface area contributed by atoms with Gasteiger partial charge in [-0.05, 0) is 38.2 Å². The van der Waals surface area contributed by atoms with Crippen molar-refractivity contribution in [3.05, 3.63) is 23.7 Å². The first-order valence-corrected chi connectivity index (χ1v) is 12.7. The van der Waals surface area contributed by atoms with E-state index in [-0.39, 0.29) is 25.2 Å². The molecule has 34 heavy (non-hydrogen) atoms. The summed E-state index contributed by atoms with van der Waals surface area (Å²) >= 11 is 1.63. The molecule has 0 amide bonds. The highest BCUT2D eigenvalue weighted by Crippen LogP contribution is 2.44. The van der Waals surface area contributed by atoms with Crippen molar-refractivity contribution >= 4 is 33.3 Å². The van der Waals surface area contributed by atoms with Crippen LogP contribution >= 0.6 is 11.3 Å². The maximum absolute atomic E-state index is 9.65. The topological polar surface area (TPSA) is 125 Å². The summed E-state index contributed by atoms with van der Waals surface area (Å²) in [4.78, 5) is 19.0. The molecule has 0 aliphatic heterocycles. The number of fused-ring (bicyclic) bond motifs is 1. The molecular formula is C24H34N6O3S. The molecule has 0 saturated heterocycles. The summed E-state index contributed by atoms with van der Waals surface area (Å²) in [6.07, 6.45) is 5.97. The molecule has 9 nitrogen and oxygen atoms in total. The zero-order valence-electron chi connectivity index (χ0n) is 20.0. The first-order valence-electron chi connectivity index (χ1n) is 11.9. The predicted molar refractivity (Wildman–Crippen MR) is 135 cm³/mol. The quantitative estimate of drug-likeness (QED) is 0.287. The van der Waals surface area contributed by atoms with Crippen LogP contribution in [0.15, 0.2) is 12.3 Å². The van der Waals surface area contributed by atoms with Gasteiger partial charge in [0, 0.05) is 32.4 Å². The van der Waals surface area contributed by atoms with Gasteiger partial charge in [0.2, 0.25) is 5.95 Å². The zero-order chi connectivity index (χ0) is 24.1. The molecule has 4 rings (SSSR count). The van der Waals surface area contributed by atoms with Crippen LogP contribution in [-0.2, 0) is 4.74 Å². The third-order valence-electron chi connectivity index (χ3n) is 6.21. The largest absolute Gasteiger partial charge is 0.396 e. The van der Waals surface area contributed by atoms with Crippen LogP contribution in [0, 0.1) is 12.8 Å². The van der Waals surface area contributed by atoms with Crippen LogP contribution in [0.4, 0.5) is 11.8 Å². The van der Waals surface area contributed by atoms with E-state index in [2.05, 4.69) is 27.5 Å². The molecule has 0 bridgehead atoms. The lowest BCUT2D eigenvalue weighted by Gasteiger charge is -2.19. The molecule has 4 N–H and O–H groups in total. The minimum absolute atomic E-state index is 0.0930. The van der Waals surface area contributed by atoms with E-state index in [1.807, 2.05) is 19.2 Å². The Morgan fingerprint density at radius 2 is 2.03 bits per heavy atom. The summed E-state index contributed by atoms with van der Waals surface area (Å²) in [5.41, 5.74) is 3.73. The summed E-state index contributed by atoms with van der Waals surface area (Å²) in [6, 6.07) is 1.71. The molecule has 3 aromatic heterocycles. The third kappa shape index (κ3) is 5.63. The summed E-state index contributed by atoms with van der Waals surface area (Å²) in [5, 5.41) is 26.7. The second-order valence-corrected chi connectivity index (χ2v) is 9.87. The highest BCUT2D eigenvalue weighted by atomic mass is 32.1. The van der Waals surface area contributed by atoms with E-state index in [1.54, 1.807) is 18.4 Å². The number of anilines is 2. The molecule has 1 aliphatic carbocycles. The Labute approximate surface area is 204 Å². The van der Waals surface area contributed by atoms with Crippen LogP contribution < -0.4 is 10.6 Å². The number of nitrogens with one attached hydrogen (secondary N) is 2. The first kappa shape index (κ1) is 24.7. The summed E-state index contributed by atoms with van der Waals surface area (Å²) in [7, 11) is 1.59. The molecule has 1 saturated carbocycles. The van der Waals surface area contributed by atoms with E-state index < -0.39 is 0 Å². The van der Waals surface area contributed by atoms with Crippen molar-refractivity contribution in [1.82, 2.24) is 19.9 Å². The molecule has 0 radical (unpaired) electrons. The molecule has 2 unspecified atom stereocenters. The van der Waals surface area contributed by atoms with Gasteiger partial charge in [0.05, 0.1) is 40.9 Å². The van der Waals surface area contributed by atoms with Crippen LogP contribution in [0.5, 0.6) is 0 Å². The number of methoxy groups -OCH3 is 1. The Morgan fingerprint density at radius 3 is 2.71 bits per heavy atom. The molecule has 0 spiro atoms. The Balaban J connectivity index is 1.69. The van der Waals surface area contributed by atoms with Crippen molar-refractivity contribution in [2.24, 2.45) is 5.92 Å². The number of hydrogen-bond acceptors (Lipinski definition) is 10. The number of aliphatic hydroxyl groups is 2. The van der Waals surface area contributed by atoms with Gasteiger partial charge in [-0.25, -0.2) is 9.97 Å². The SMILES string of the molecule is CCC(CO)CCNc1nc(NC(CO)COC)nc(C)c1-c1nc2c(C3CC3)nccc2s1. The highest BCUT2D eigenvalue weighted by Gasteiger charge is 2.29. The maximum Gasteiger partial charge on any atom is 0.225 e. The standard InChI is InChI=1S/C24H34N6O3S/c1-4-15(11-31)7-9-26-22-19(14(2)27-24(30-22)28-17(12-32)13-33-3)23-29-21-18(34-23)8-10-25-20(21)16-5-6-16/h8,10,15-17,31-32H,4-7,9,11-13H2,1-3H3,(H2,26,27,28,30). The van der Waals surface area contributed by atoms with Crippen molar-refractivity contribution < 1.29 is 14.9 Å². The number of ether oxygens (including phenoxy) is 1. The highest BCUT2D eigenvalue weighted by molar-refractivity contribution is 7.21. The number of aryl methyl sites for hydroxylation is 1. The van der Waals surface area contributed by atoms with Gasteiger partial charge in [-0.2, -0.15) is 4.98 Å². The fourth-order valence-electron chi connectivity index (χ4n) is 4.00. The predicted octanol–water partition coefficient (Wildman–Crippen LogP) is 3.57. The lowest BCUT2D eigenvalue weighted by atomic mass is 10.0. The van der Waals surface area contributed by atoms with Gasteiger partial charge in [0.1, 0.15) is 16.3 Å². The molecule has 3 aromatic rings. The van der Waals surface area contributed by atoms with Crippen molar-refractivity contribution in [2.45, 2.75) is 51.5 Å². The molecular weight excluding hydrogens is 452 g/mol. The Morgan fingerprint density at radius 1 is 1.21 bits per heavy atom. The van der Waals surface area contributed by atoms with Gasteiger partial charge >= 0.3 is 0 Å². The minimum atomic E-state index is -0.309. The smallest absolute Gasteiger partial charge is 0.225 e. The Hall–Kier alpha value is -2.40. The molecule has 1 aliphatic rings. The lowest BCUT2D eigenvalue weighted by Crippen LogP contribution is -2.30. The zero-order valence-corrected chi connectivity index (χ0v) is 20.9. The van der Waals surface area contributed by atoms with Crippen molar-refractivity contribution in [1.29, 1.82) is 0 Å². The second kappa shape index (κ2) is 11.4. The minimum Gasteiger partial charge on any atom is -0.396 e. The normalized spacial score (nSPS) is 15.4. The van der Waals surface area contributed by atoms with Gasteiger partial charge in [-0.3, -0.25) is 4.98 Å². The molecule has 3 heterocycles. The fourth-order valence-corrected chi connectivity index (χ4v) is 5.07. The van der Waals surface area contributed by atoms with Crippen molar-refractivity contribution in [2.75, 3.05) is 44.1 Å². The van der Waals surface area contributed by atoms with Gasteiger partial charge in [0.25, 0.3) is 0 Å². The molecule has 0 aromatic carbocycles. The van der Waals surface area contributed by atoms with Crippen molar-refractivity contribution in [3.63, 3.8) is 0 Å². The van der Waals surface area contributed by atoms with E-state index in [4.69, 9.17) is 14.7 Å². The van der Waals surface area contributed by atoms with Gasteiger partial charge in [-0.1, -0.05) is 13.3 Å². The van der Waals surface area contributed by atoms with Crippen LogP contribution in [0.3, 0.4) is 0 Å². The summed E-state index contributed by atoms with van der Waals surface area (Å²) < 4.78 is 6.29. The average Bonchev–Trinajstić information content (AvgIpc) is 3.59. The first-order chi connectivity index (χ1) is 16.6. The van der Waals surface area contributed by atoms with E-state index in [0.29, 0.717) is 30.8 Å². The Kier molecular flexibility index (Phi) is 8.25. The van der Waals surface area contributed by atoms with Gasteiger partial charge in [-0.15, -0.1) is 11.3 Å². The number of nitrogens with zero attached hydrogens (tertiary/aromatic N) is 4. The monoisotopic (exact) mass is 486 g/mol. The number of aromatic nitrogens is 4. The Bertz CT molecular complexity index is 1100. The van der Waals surface area contributed by atoms with Crippen LogP contribution in [-0.4, -0.2) is 69.7 Å². The van der Waals surface area contributed by atoms with Crippen molar-refractivity contribution in [3.8, 4) is 10.6 Å². The van der Waals surface area contributed by atoms with E-state index in [9.17, 15) is 10.2 Å². The van der Waals surface area contributed by atoms with Gasteiger partial charge in [0.15, 0.2) is 0 Å². The number of rotatable bonds is 13. The maximum atomic E-state index is 9.65. The van der Waals surface area contributed by atoms with E-state index >= 15 is 0 Å². The number of aliphatic hydroxyl groups excluding tert-OH is 2. The summed E-state index contributed by atoms with van der Waals surface area (Å²) in [6.45, 7) is 5.12. The number of hydrogen-bond donors (Lipinski definition) is 4. The van der Waals surface area contributed by atoms with E-state index in [0.717, 1.165) is 45.0 Å². The van der Waals surface area contributed by atoms with E-state index in [1.165, 1.54) is 12.8 Å². The molecule has 184 valence electrons. The fraction of sp³-hybridized carbons (Fsp3) is 0.583. The molecule has 10 heteroatoms. The second-order valence-electron chi connectivity index (χ2n) is 8.84. The third-order valence-corrected chi connectivity index (χ3v) is 7.24. The van der Waals surface area contributed by atoms with Crippen LogP contribution in [0.1, 0.15) is 49.9 Å².